The van der Waals surface area contributed by atoms with E-state index in [4.69, 9.17) is 4.74 Å². The van der Waals surface area contributed by atoms with Crippen LogP contribution in [0.15, 0.2) is 11.1 Å². The Morgan fingerprint density at radius 3 is 2.71 bits per heavy atom. The number of nitrogens with one attached hydrogen (secondary N) is 1. The van der Waals surface area contributed by atoms with Gasteiger partial charge in [-0.15, -0.1) is 0 Å². The van der Waals surface area contributed by atoms with Crippen molar-refractivity contribution in [2.45, 2.75) is 0 Å². The van der Waals surface area contributed by atoms with E-state index in [9.17, 15) is 4.79 Å². The van der Waals surface area contributed by atoms with Gasteiger partial charge in [0.2, 0.25) is 0 Å². The number of carbonyl (C=O) groups excluding carboxylic acids is 1. The first-order chi connectivity index (χ1) is 6.70. The van der Waals surface area contributed by atoms with Crippen molar-refractivity contribution < 1.29 is 14.4 Å². The maximum Gasteiger partial charge on any atom is 0.344 e. The first-order valence-corrected chi connectivity index (χ1v) is 6.58. The average Bonchev–Trinajstić information content (AvgIpc) is 2.19. The Morgan fingerprint density at radius 2 is 2.14 bits per heavy atom. The minimum atomic E-state index is -0.351. The Bertz CT molecular complexity index is 217. The van der Waals surface area contributed by atoms with Crippen molar-refractivity contribution in [1.29, 1.82) is 0 Å². The third-order valence-electron chi connectivity index (χ3n) is 2.11. The highest BCUT2D eigenvalue weighted by Gasteiger charge is 2.14. The zero-order valence-corrected chi connectivity index (χ0v) is 10.5. The molecule has 1 heterocycles. The van der Waals surface area contributed by atoms with E-state index in [0.29, 0.717) is 11.1 Å². The summed E-state index contributed by atoms with van der Waals surface area (Å²) in [6, 6.07) is 0. The van der Waals surface area contributed by atoms with Gasteiger partial charge in [-0.3, -0.25) is 0 Å². The topological polar surface area (TPSA) is 30.7 Å². The minimum absolute atomic E-state index is 0.293. The monoisotopic (exact) mass is 280 g/mol. The van der Waals surface area contributed by atoms with Gasteiger partial charge < -0.3 is 9.64 Å². The van der Waals surface area contributed by atoms with Gasteiger partial charge in [0.15, 0.2) is 0 Å². The van der Waals surface area contributed by atoms with Gasteiger partial charge in [-0.1, -0.05) is 6.58 Å². The summed E-state index contributed by atoms with van der Waals surface area (Å²) in [5.41, 5.74) is 0. The first-order valence-electron chi connectivity index (χ1n) is 4.63. The lowest BCUT2D eigenvalue weighted by molar-refractivity contribution is -0.896. The van der Waals surface area contributed by atoms with Gasteiger partial charge in [-0.05, 0) is 15.9 Å². The number of esters is 1. The molecule has 3 nitrogen and oxygen atoms in total. The van der Waals surface area contributed by atoms with E-state index in [0.717, 1.165) is 6.54 Å². The number of carbonyl (C=O) groups is 1. The largest absolute Gasteiger partial charge is 0.456 e. The Hall–Kier alpha value is -0.0000000000000000555. The molecule has 5 heteroatoms. The standard InChI is InChI=1S/C9H14BrNO2S/c1-8(10)9(12)13-5-2-11-3-6-14-7-4-11/h1-7H2/p+1. The van der Waals surface area contributed by atoms with Gasteiger partial charge in [-0.25, -0.2) is 4.79 Å². The predicted octanol–water partition coefficient (Wildman–Crippen LogP) is 0.0699. The fourth-order valence-electron chi connectivity index (χ4n) is 1.28. The molecule has 80 valence electrons. The normalized spacial score (nSPS) is 17.8. The zero-order valence-electron chi connectivity index (χ0n) is 8.05. The van der Waals surface area contributed by atoms with E-state index >= 15 is 0 Å². The van der Waals surface area contributed by atoms with Crippen LogP contribution in [-0.4, -0.2) is 43.7 Å². The predicted molar refractivity (Wildman–Crippen MR) is 61.9 cm³/mol. The van der Waals surface area contributed by atoms with Gasteiger partial charge in [0, 0.05) is 11.5 Å². The second kappa shape index (κ2) is 6.48. The summed E-state index contributed by atoms with van der Waals surface area (Å²) in [6.07, 6.45) is 0. The average molecular weight is 281 g/mol. The Labute approximate surface area is 97.0 Å². The number of quaternary nitrogens is 1. The molecule has 1 fully saturated rings. The van der Waals surface area contributed by atoms with Crippen LogP contribution in [-0.2, 0) is 9.53 Å². The van der Waals surface area contributed by atoms with Crippen LogP contribution in [0.25, 0.3) is 0 Å². The molecule has 1 N–H and O–H groups in total. The molecule has 1 rings (SSSR count). The third-order valence-corrected chi connectivity index (χ3v) is 3.42. The van der Waals surface area contributed by atoms with Crippen molar-refractivity contribution in [3.05, 3.63) is 11.1 Å². The minimum Gasteiger partial charge on any atom is -0.456 e. The zero-order chi connectivity index (χ0) is 10.4. The molecule has 14 heavy (non-hydrogen) atoms. The van der Waals surface area contributed by atoms with Crippen LogP contribution in [0.2, 0.25) is 0 Å². The van der Waals surface area contributed by atoms with Crippen LogP contribution in [0, 0.1) is 0 Å². The SMILES string of the molecule is C=C(Br)C(=O)OCC[NH+]1CCSCC1. The molecule has 0 aromatic carbocycles. The molecule has 0 aromatic rings. The van der Waals surface area contributed by atoms with Crippen LogP contribution in [0.4, 0.5) is 0 Å². The molecule has 0 unspecified atom stereocenters. The van der Waals surface area contributed by atoms with Gasteiger partial charge in [0.25, 0.3) is 0 Å². The Kier molecular flexibility index (Phi) is 5.59. The summed E-state index contributed by atoms with van der Waals surface area (Å²) >= 11 is 4.98. The molecule has 0 bridgehead atoms. The fourth-order valence-corrected chi connectivity index (χ4v) is 2.46. The van der Waals surface area contributed by atoms with Crippen LogP contribution < -0.4 is 4.90 Å². The van der Waals surface area contributed by atoms with Crippen molar-refractivity contribution >= 4 is 33.7 Å². The van der Waals surface area contributed by atoms with Gasteiger partial charge in [-0.2, -0.15) is 11.8 Å². The molecule has 0 radical (unpaired) electrons. The van der Waals surface area contributed by atoms with Gasteiger partial charge in [0.05, 0.1) is 17.6 Å². The number of hydrogen-bond donors (Lipinski definition) is 1. The van der Waals surface area contributed by atoms with E-state index < -0.39 is 0 Å². The van der Waals surface area contributed by atoms with Crippen molar-refractivity contribution in [2.24, 2.45) is 0 Å². The molecule has 0 atom stereocenters. The maximum absolute atomic E-state index is 11.0. The van der Waals surface area contributed by atoms with Crippen LogP contribution in [0.3, 0.4) is 0 Å². The molecule has 1 aliphatic heterocycles. The van der Waals surface area contributed by atoms with E-state index in [2.05, 4.69) is 22.5 Å². The second-order valence-electron chi connectivity index (χ2n) is 3.15. The summed E-state index contributed by atoms with van der Waals surface area (Å²) < 4.78 is 5.29. The van der Waals surface area contributed by atoms with Crippen molar-refractivity contribution in [3.8, 4) is 0 Å². The first kappa shape index (κ1) is 12.1. The van der Waals surface area contributed by atoms with Crippen molar-refractivity contribution in [1.82, 2.24) is 0 Å². The second-order valence-corrected chi connectivity index (χ2v) is 5.34. The summed E-state index contributed by atoms with van der Waals surface area (Å²) in [4.78, 5) is 12.5. The van der Waals surface area contributed by atoms with Crippen LogP contribution in [0.5, 0.6) is 0 Å². The molecule has 0 spiro atoms. The molecule has 0 aromatic heterocycles. The number of hydrogen-bond acceptors (Lipinski definition) is 3. The molecular formula is C9H15BrNO2S+. The van der Waals surface area contributed by atoms with Gasteiger partial charge >= 0.3 is 5.97 Å². The fraction of sp³-hybridized carbons (Fsp3) is 0.667. The number of ether oxygens (including phenoxy) is 1. The lowest BCUT2D eigenvalue weighted by atomic mass is 10.5. The molecule has 0 saturated carbocycles. The Morgan fingerprint density at radius 1 is 1.50 bits per heavy atom. The lowest BCUT2D eigenvalue weighted by Gasteiger charge is -2.22. The molecule has 1 aliphatic rings. The summed E-state index contributed by atoms with van der Waals surface area (Å²) in [5, 5.41) is 0. The van der Waals surface area contributed by atoms with E-state index in [1.165, 1.54) is 29.5 Å². The van der Waals surface area contributed by atoms with Crippen LogP contribution >= 0.6 is 27.7 Å². The van der Waals surface area contributed by atoms with E-state index in [1.807, 2.05) is 11.8 Å². The highest BCUT2D eigenvalue weighted by molar-refractivity contribution is 9.12. The summed E-state index contributed by atoms with van der Waals surface area (Å²) in [6.45, 7) is 7.21. The van der Waals surface area contributed by atoms with Crippen LogP contribution in [0.1, 0.15) is 0 Å². The smallest absolute Gasteiger partial charge is 0.344 e. The molecule has 0 amide bonds. The number of thioether (sulfide) groups is 1. The lowest BCUT2D eigenvalue weighted by Crippen LogP contribution is -3.14. The maximum atomic E-state index is 11.0. The van der Waals surface area contributed by atoms with E-state index in [1.54, 1.807) is 0 Å². The quantitative estimate of drug-likeness (QED) is 0.584. The molecule has 1 saturated heterocycles. The number of rotatable bonds is 4. The van der Waals surface area contributed by atoms with Crippen molar-refractivity contribution in [2.75, 3.05) is 37.7 Å². The molecule has 0 aliphatic carbocycles. The third kappa shape index (κ3) is 4.48. The number of halogens is 1. The highest BCUT2D eigenvalue weighted by Crippen LogP contribution is 2.02. The highest BCUT2D eigenvalue weighted by atomic mass is 79.9. The summed E-state index contributed by atoms with van der Waals surface area (Å²) in [7, 11) is 0. The molecular weight excluding hydrogens is 266 g/mol. The van der Waals surface area contributed by atoms with E-state index in [-0.39, 0.29) is 5.97 Å². The van der Waals surface area contributed by atoms with Gasteiger partial charge in [0.1, 0.15) is 13.2 Å². The Balaban J connectivity index is 2.08. The van der Waals surface area contributed by atoms with Crippen molar-refractivity contribution in [3.63, 3.8) is 0 Å². The summed E-state index contributed by atoms with van der Waals surface area (Å²) in [5.74, 6) is 2.08.